The molecular weight excluding hydrogens is 320 g/mol. The molecule has 0 bridgehead atoms. The largest absolute Gasteiger partial charge is 0.313 e. The molecule has 0 aliphatic rings. The highest BCUT2D eigenvalue weighted by atomic mass is 32.2. The van der Waals surface area contributed by atoms with E-state index in [9.17, 15) is 8.42 Å². The molecule has 0 radical (unpaired) electrons. The maximum atomic E-state index is 11.9. The maximum absolute atomic E-state index is 11.9. The van der Waals surface area contributed by atoms with Crippen LogP contribution in [0.2, 0.25) is 0 Å². The number of benzene rings is 1. The fourth-order valence-electron chi connectivity index (χ4n) is 2.24. The van der Waals surface area contributed by atoms with Gasteiger partial charge in [-0.3, -0.25) is 0 Å². The molecule has 0 heterocycles. The Morgan fingerprint density at radius 1 is 0.917 bits per heavy atom. The number of sulfonamides is 1. The number of hydrogen-bond acceptors (Lipinski definition) is 3. The Bertz CT molecular complexity index is 560. The van der Waals surface area contributed by atoms with Crippen LogP contribution >= 0.6 is 0 Å². The second kappa shape index (κ2) is 10.2. The van der Waals surface area contributed by atoms with E-state index in [-0.39, 0.29) is 0 Å². The van der Waals surface area contributed by atoms with Crippen LogP contribution in [0.3, 0.4) is 0 Å². The van der Waals surface area contributed by atoms with Gasteiger partial charge in [-0.2, -0.15) is 0 Å². The predicted octanol–water partition coefficient (Wildman–Crippen LogP) is 3.62. The molecule has 5 heteroatoms. The summed E-state index contributed by atoms with van der Waals surface area (Å²) < 4.78 is 25.7. The summed E-state index contributed by atoms with van der Waals surface area (Å²) in [5.74, 6) is 0. The molecule has 0 amide bonds. The zero-order valence-electron chi connectivity index (χ0n) is 15.7. The third-order valence-electron chi connectivity index (χ3n) is 4.05. The lowest BCUT2D eigenvalue weighted by Gasteiger charge is -2.19. The molecule has 2 N–H and O–H groups in total. The van der Waals surface area contributed by atoms with Crippen LogP contribution in [-0.2, 0) is 23.0 Å². The first-order chi connectivity index (χ1) is 11.3. The molecular formula is C19H34N2O2S. The normalized spacial score (nSPS) is 12.5. The lowest BCUT2D eigenvalue weighted by molar-refractivity contribution is 0.538. The zero-order valence-corrected chi connectivity index (χ0v) is 16.5. The van der Waals surface area contributed by atoms with Crippen LogP contribution in [0.1, 0.15) is 64.5 Å². The lowest BCUT2D eigenvalue weighted by Crippen LogP contribution is -2.39. The second-order valence-corrected chi connectivity index (χ2v) is 9.83. The summed E-state index contributed by atoms with van der Waals surface area (Å²) in [6.07, 6.45) is 5.44. The summed E-state index contributed by atoms with van der Waals surface area (Å²) in [5, 5.41) is 3.41. The van der Waals surface area contributed by atoms with E-state index in [2.05, 4.69) is 41.2 Å². The van der Waals surface area contributed by atoms with Gasteiger partial charge in [0.25, 0.3) is 0 Å². The average Bonchev–Trinajstić information content (AvgIpc) is 2.52. The van der Waals surface area contributed by atoms with Gasteiger partial charge in [-0.15, -0.1) is 0 Å². The van der Waals surface area contributed by atoms with E-state index in [0.29, 0.717) is 6.54 Å². The molecule has 0 aliphatic heterocycles. The minimum Gasteiger partial charge on any atom is -0.313 e. The SMILES string of the molecule is CCCCc1ccc(CNCCCCNS(=O)(=O)C(C)(C)C)cc1. The van der Waals surface area contributed by atoms with Gasteiger partial charge < -0.3 is 5.32 Å². The van der Waals surface area contributed by atoms with Gasteiger partial charge in [0, 0.05) is 13.1 Å². The van der Waals surface area contributed by atoms with E-state index in [4.69, 9.17) is 0 Å². The van der Waals surface area contributed by atoms with Crippen molar-refractivity contribution >= 4 is 10.0 Å². The molecule has 0 aromatic heterocycles. The van der Waals surface area contributed by atoms with Crippen molar-refractivity contribution in [2.45, 2.75) is 71.1 Å². The van der Waals surface area contributed by atoms with E-state index >= 15 is 0 Å². The Morgan fingerprint density at radius 2 is 1.50 bits per heavy atom. The number of aryl methyl sites for hydroxylation is 1. The monoisotopic (exact) mass is 354 g/mol. The zero-order chi connectivity index (χ0) is 18.1. The van der Waals surface area contributed by atoms with Crippen LogP contribution < -0.4 is 10.0 Å². The smallest absolute Gasteiger partial charge is 0.216 e. The van der Waals surface area contributed by atoms with Crippen LogP contribution in [0.15, 0.2) is 24.3 Å². The van der Waals surface area contributed by atoms with Crippen molar-refractivity contribution in [2.75, 3.05) is 13.1 Å². The summed E-state index contributed by atoms with van der Waals surface area (Å²) in [7, 11) is -3.21. The van der Waals surface area contributed by atoms with Gasteiger partial charge >= 0.3 is 0 Å². The van der Waals surface area contributed by atoms with E-state index in [1.165, 1.54) is 24.0 Å². The molecule has 1 aromatic rings. The topological polar surface area (TPSA) is 58.2 Å². The van der Waals surface area contributed by atoms with Crippen molar-refractivity contribution in [1.29, 1.82) is 0 Å². The third-order valence-corrected chi connectivity index (χ3v) is 6.25. The molecule has 0 unspecified atom stereocenters. The molecule has 138 valence electrons. The highest BCUT2D eigenvalue weighted by Crippen LogP contribution is 2.12. The lowest BCUT2D eigenvalue weighted by atomic mass is 10.1. The molecule has 24 heavy (non-hydrogen) atoms. The summed E-state index contributed by atoms with van der Waals surface area (Å²) in [4.78, 5) is 0. The summed E-state index contributed by atoms with van der Waals surface area (Å²) in [6.45, 7) is 9.62. The number of nitrogens with one attached hydrogen (secondary N) is 2. The molecule has 4 nitrogen and oxygen atoms in total. The Morgan fingerprint density at radius 3 is 2.08 bits per heavy atom. The van der Waals surface area contributed by atoms with Gasteiger partial charge in [0.05, 0.1) is 4.75 Å². The molecule has 0 aliphatic carbocycles. The van der Waals surface area contributed by atoms with E-state index in [0.717, 1.165) is 32.4 Å². The minimum absolute atomic E-state index is 0.507. The van der Waals surface area contributed by atoms with Crippen molar-refractivity contribution in [1.82, 2.24) is 10.0 Å². The van der Waals surface area contributed by atoms with Crippen molar-refractivity contribution in [2.24, 2.45) is 0 Å². The van der Waals surface area contributed by atoms with Crippen LogP contribution in [-0.4, -0.2) is 26.3 Å². The first kappa shape index (κ1) is 21.1. The van der Waals surface area contributed by atoms with Crippen molar-refractivity contribution in [3.8, 4) is 0 Å². The van der Waals surface area contributed by atoms with Crippen LogP contribution in [0.25, 0.3) is 0 Å². The third kappa shape index (κ3) is 7.77. The fourth-order valence-corrected chi connectivity index (χ4v) is 3.08. The van der Waals surface area contributed by atoms with Crippen LogP contribution in [0.5, 0.6) is 0 Å². The Kier molecular flexibility index (Phi) is 8.95. The van der Waals surface area contributed by atoms with E-state index in [1.54, 1.807) is 20.8 Å². The standard InChI is InChI=1S/C19H34N2O2S/c1-5-6-9-17-10-12-18(13-11-17)16-20-14-7-8-15-21-24(22,23)19(2,3)4/h10-13,20-21H,5-9,14-16H2,1-4H3. The fraction of sp³-hybridized carbons (Fsp3) is 0.684. The van der Waals surface area contributed by atoms with E-state index < -0.39 is 14.8 Å². The van der Waals surface area contributed by atoms with E-state index in [1.807, 2.05) is 0 Å². The Labute approximate surface area is 148 Å². The quantitative estimate of drug-likeness (QED) is 0.597. The summed E-state index contributed by atoms with van der Waals surface area (Å²) in [5.41, 5.74) is 2.70. The van der Waals surface area contributed by atoms with Crippen LogP contribution in [0, 0.1) is 0 Å². The first-order valence-corrected chi connectivity index (χ1v) is 10.5. The Hall–Kier alpha value is -0.910. The van der Waals surface area contributed by atoms with Gasteiger partial charge in [-0.25, -0.2) is 13.1 Å². The molecule has 0 spiro atoms. The molecule has 1 aromatic carbocycles. The minimum atomic E-state index is -3.21. The van der Waals surface area contributed by atoms with Gasteiger partial charge in [0.2, 0.25) is 10.0 Å². The van der Waals surface area contributed by atoms with Crippen molar-refractivity contribution in [3.05, 3.63) is 35.4 Å². The van der Waals surface area contributed by atoms with Crippen LogP contribution in [0.4, 0.5) is 0 Å². The first-order valence-electron chi connectivity index (χ1n) is 9.04. The number of hydrogen-bond donors (Lipinski definition) is 2. The van der Waals surface area contributed by atoms with Gasteiger partial charge in [0.1, 0.15) is 0 Å². The molecule has 0 saturated heterocycles. The average molecular weight is 355 g/mol. The van der Waals surface area contributed by atoms with Gasteiger partial charge in [-0.05, 0) is 64.1 Å². The highest BCUT2D eigenvalue weighted by molar-refractivity contribution is 7.90. The van der Waals surface area contributed by atoms with Crippen molar-refractivity contribution < 1.29 is 8.42 Å². The highest BCUT2D eigenvalue weighted by Gasteiger charge is 2.27. The van der Waals surface area contributed by atoms with Gasteiger partial charge in [0.15, 0.2) is 0 Å². The van der Waals surface area contributed by atoms with Crippen molar-refractivity contribution in [3.63, 3.8) is 0 Å². The summed E-state index contributed by atoms with van der Waals surface area (Å²) >= 11 is 0. The predicted molar refractivity (Wildman–Crippen MR) is 103 cm³/mol. The molecule has 1 rings (SSSR count). The molecule has 0 fully saturated rings. The number of unbranched alkanes of at least 4 members (excludes halogenated alkanes) is 2. The molecule has 0 saturated carbocycles. The Balaban J connectivity index is 2.14. The molecule has 0 atom stereocenters. The number of rotatable bonds is 11. The maximum Gasteiger partial charge on any atom is 0.216 e. The second-order valence-electron chi connectivity index (χ2n) is 7.31. The van der Waals surface area contributed by atoms with Gasteiger partial charge in [-0.1, -0.05) is 37.6 Å². The summed E-state index contributed by atoms with van der Waals surface area (Å²) in [6, 6.07) is 8.81.